The summed E-state index contributed by atoms with van der Waals surface area (Å²) in [6, 6.07) is 10.1. The van der Waals surface area contributed by atoms with E-state index in [-0.39, 0.29) is 18.4 Å². The number of ketones is 1. The lowest BCUT2D eigenvalue weighted by Gasteiger charge is -2.21. The third kappa shape index (κ3) is 3.94. The molecule has 0 spiro atoms. The van der Waals surface area contributed by atoms with E-state index in [2.05, 4.69) is 0 Å². The molecule has 28 heavy (non-hydrogen) atoms. The van der Waals surface area contributed by atoms with Gasteiger partial charge in [0.05, 0.1) is 17.5 Å². The number of nitrogens with zero attached hydrogens (tertiary/aromatic N) is 1. The molecular formula is C21H23NO5S. The second-order valence-corrected chi connectivity index (χ2v) is 9.13. The lowest BCUT2D eigenvalue weighted by molar-refractivity contribution is 0.0474. The summed E-state index contributed by atoms with van der Waals surface area (Å²) < 4.78 is 30.5. The van der Waals surface area contributed by atoms with Gasteiger partial charge in [0, 0.05) is 11.6 Å². The number of hydrogen-bond donors (Lipinski definition) is 0. The van der Waals surface area contributed by atoms with Crippen molar-refractivity contribution in [2.45, 2.75) is 33.2 Å². The molecule has 0 aromatic heterocycles. The van der Waals surface area contributed by atoms with Crippen molar-refractivity contribution in [3.8, 4) is 0 Å². The molecule has 0 amide bonds. The Hall–Kier alpha value is -2.67. The van der Waals surface area contributed by atoms with Crippen molar-refractivity contribution < 1.29 is 22.7 Å². The Kier molecular flexibility index (Phi) is 5.30. The van der Waals surface area contributed by atoms with Crippen LogP contribution in [0, 0.1) is 13.8 Å². The minimum Gasteiger partial charge on any atom is -0.454 e. The number of carbonyl (C=O) groups is 2. The molecular weight excluding hydrogens is 378 g/mol. The van der Waals surface area contributed by atoms with Gasteiger partial charge in [0.25, 0.3) is 0 Å². The van der Waals surface area contributed by atoms with Crippen LogP contribution >= 0.6 is 0 Å². The second kappa shape index (κ2) is 7.39. The summed E-state index contributed by atoms with van der Waals surface area (Å²) >= 11 is 0. The first kappa shape index (κ1) is 20.1. The predicted molar refractivity (Wildman–Crippen MR) is 107 cm³/mol. The average molecular weight is 401 g/mol. The molecule has 0 saturated heterocycles. The van der Waals surface area contributed by atoms with Gasteiger partial charge in [-0.15, -0.1) is 0 Å². The zero-order chi connectivity index (χ0) is 20.6. The summed E-state index contributed by atoms with van der Waals surface area (Å²) in [4.78, 5) is 24.8. The quantitative estimate of drug-likeness (QED) is 0.568. The Morgan fingerprint density at radius 2 is 1.86 bits per heavy atom. The maximum Gasteiger partial charge on any atom is 0.338 e. The van der Waals surface area contributed by atoms with E-state index in [1.807, 2.05) is 32.9 Å². The number of rotatable bonds is 5. The molecule has 1 aliphatic heterocycles. The van der Waals surface area contributed by atoms with Gasteiger partial charge >= 0.3 is 5.97 Å². The van der Waals surface area contributed by atoms with Gasteiger partial charge in [0.1, 0.15) is 0 Å². The molecule has 0 bridgehead atoms. The number of esters is 1. The third-order valence-electron chi connectivity index (χ3n) is 4.85. The van der Waals surface area contributed by atoms with Crippen LogP contribution in [0.2, 0.25) is 0 Å². The molecule has 0 radical (unpaired) electrons. The first-order valence-corrected chi connectivity index (χ1v) is 10.8. The van der Waals surface area contributed by atoms with Gasteiger partial charge in [0.15, 0.2) is 6.61 Å². The fourth-order valence-electron chi connectivity index (χ4n) is 3.56. The van der Waals surface area contributed by atoms with E-state index in [9.17, 15) is 18.0 Å². The highest BCUT2D eigenvalue weighted by Crippen LogP contribution is 2.34. The molecule has 1 unspecified atom stereocenters. The van der Waals surface area contributed by atoms with Crippen molar-refractivity contribution in [3.05, 3.63) is 64.2 Å². The minimum absolute atomic E-state index is 0.206. The topological polar surface area (TPSA) is 80.8 Å². The van der Waals surface area contributed by atoms with Crippen LogP contribution in [0.5, 0.6) is 0 Å². The highest BCUT2D eigenvalue weighted by Gasteiger charge is 2.33. The molecule has 3 rings (SSSR count). The summed E-state index contributed by atoms with van der Waals surface area (Å²) in [5.74, 6) is -0.862. The van der Waals surface area contributed by atoms with Gasteiger partial charge in [-0.3, -0.25) is 9.10 Å². The summed E-state index contributed by atoms with van der Waals surface area (Å²) in [5, 5.41) is 0. The summed E-state index contributed by atoms with van der Waals surface area (Å²) in [7, 11) is -3.39. The maximum absolute atomic E-state index is 12.4. The molecule has 0 saturated carbocycles. The van der Waals surface area contributed by atoms with Crippen LogP contribution in [-0.4, -0.2) is 39.1 Å². The molecule has 2 aromatic rings. The van der Waals surface area contributed by atoms with Crippen LogP contribution in [0.1, 0.15) is 44.3 Å². The standard InChI is InChI=1S/C21H23NO5S/c1-13-5-6-14(2)18(9-13)20(23)12-27-21(24)16-7-8-19-17(11-16)10-15(3)22(19)28(4,25)26/h5-9,11,15H,10,12H2,1-4H3. The fourth-order valence-corrected chi connectivity index (χ4v) is 4.83. The van der Waals surface area contributed by atoms with Crippen LogP contribution in [0.4, 0.5) is 5.69 Å². The third-order valence-corrected chi connectivity index (χ3v) is 6.12. The van der Waals surface area contributed by atoms with E-state index in [0.29, 0.717) is 23.2 Å². The molecule has 6 nitrogen and oxygen atoms in total. The summed E-state index contributed by atoms with van der Waals surface area (Å²) in [5.41, 5.74) is 3.99. The molecule has 0 fully saturated rings. The van der Waals surface area contributed by atoms with Crippen LogP contribution in [0.25, 0.3) is 0 Å². The second-order valence-electron chi connectivity index (χ2n) is 7.27. The van der Waals surface area contributed by atoms with Gasteiger partial charge < -0.3 is 4.74 Å². The zero-order valence-corrected chi connectivity index (χ0v) is 17.2. The normalized spacial score (nSPS) is 16.0. The SMILES string of the molecule is Cc1ccc(C)c(C(=O)COC(=O)c2ccc3c(c2)CC(C)N3S(C)(=O)=O)c1. The Labute approximate surface area is 165 Å². The number of benzene rings is 2. The highest BCUT2D eigenvalue weighted by molar-refractivity contribution is 7.92. The van der Waals surface area contributed by atoms with Gasteiger partial charge in [-0.2, -0.15) is 0 Å². The van der Waals surface area contributed by atoms with E-state index >= 15 is 0 Å². The van der Waals surface area contributed by atoms with Gasteiger partial charge in [-0.05, 0) is 62.6 Å². The van der Waals surface area contributed by atoms with E-state index < -0.39 is 16.0 Å². The van der Waals surface area contributed by atoms with Gasteiger partial charge in [-0.1, -0.05) is 17.7 Å². The number of carbonyl (C=O) groups excluding carboxylic acids is 2. The molecule has 1 atom stereocenters. The monoisotopic (exact) mass is 401 g/mol. The van der Waals surface area contributed by atoms with Crippen LogP contribution < -0.4 is 4.31 Å². The van der Waals surface area contributed by atoms with Crippen molar-refractivity contribution in [1.82, 2.24) is 0 Å². The van der Waals surface area contributed by atoms with Crippen molar-refractivity contribution in [2.75, 3.05) is 17.2 Å². The molecule has 148 valence electrons. The van der Waals surface area contributed by atoms with E-state index in [0.717, 1.165) is 16.7 Å². The van der Waals surface area contributed by atoms with Crippen LogP contribution in [0.3, 0.4) is 0 Å². The Morgan fingerprint density at radius 1 is 1.14 bits per heavy atom. The van der Waals surface area contributed by atoms with E-state index in [1.165, 1.54) is 16.6 Å². The number of hydrogen-bond acceptors (Lipinski definition) is 5. The van der Waals surface area contributed by atoms with E-state index in [1.54, 1.807) is 18.2 Å². The van der Waals surface area contributed by atoms with Crippen molar-refractivity contribution in [1.29, 1.82) is 0 Å². The summed E-state index contributed by atoms with van der Waals surface area (Å²) in [6.07, 6.45) is 1.69. The highest BCUT2D eigenvalue weighted by atomic mass is 32.2. The zero-order valence-electron chi connectivity index (χ0n) is 16.4. The number of anilines is 1. The smallest absolute Gasteiger partial charge is 0.338 e. The number of ether oxygens (including phenoxy) is 1. The average Bonchev–Trinajstić information content (AvgIpc) is 2.96. The first-order valence-electron chi connectivity index (χ1n) is 8.98. The Balaban J connectivity index is 1.73. The van der Waals surface area contributed by atoms with Crippen molar-refractivity contribution >= 4 is 27.5 Å². The lowest BCUT2D eigenvalue weighted by Crippen LogP contribution is -2.34. The predicted octanol–water partition coefficient (Wildman–Crippen LogP) is 3.05. The molecule has 7 heteroatoms. The number of sulfonamides is 1. The molecule has 2 aromatic carbocycles. The van der Waals surface area contributed by atoms with Gasteiger partial charge in [0.2, 0.25) is 15.8 Å². The molecule has 0 N–H and O–H groups in total. The van der Waals surface area contributed by atoms with Crippen LogP contribution in [-0.2, 0) is 21.2 Å². The lowest BCUT2D eigenvalue weighted by atomic mass is 10.0. The molecule has 1 heterocycles. The van der Waals surface area contributed by atoms with E-state index in [4.69, 9.17) is 4.74 Å². The van der Waals surface area contributed by atoms with Crippen LogP contribution in [0.15, 0.2) is 36.4 Å². The summed E-state index contributed by atoms with van der Waals surface area (Å²) in [6.45, 7) is 5.21. The largest absolute Gasteiger partial charge is 0.454 e. The Morgan fingerprint density at radius 3 is 2.54 bits per heavy atom. The Bertz CT molecular complexity index is 1060. The molecule has 0 aliphatic carbocycles. The number of Topliss-reactive ketones (excluding diaryl/α,β-unsaturated/α-hetero) is 1. The molecule has 1 aliphatic rings. The number of fused-ring (bicyclic) bond motifs is 1. The first-order chi connectivity index (χ1) is 13.1. The number of aryl methyl sites for hydroxylation is 2. The fraction of sp³-hybridized carbons (Fsp3) is 0.333. The van der Waals surface area contributed by atoms with Crippen molar-refractivity contribution in [3.63, 3.8) is 0 Å². The minimum atomic E-state index is -3.39. The van der Waals surface area contributed by atoms with Gasteiger partial charge in [-0.25, -0.2) is 13.2 Å². The van der Waals surface area contributed by atoms with Crippen molar-refractivity contribution in [2.24, 2.45) is 0 Å². The maximum atomic E-state index is 12.4.